The molecule has 1 amide bonds. The number of hydrogen-bond donors (Lipinski definition) is 3. The molecule has 0 aromatic rings. The molecule has 0 radical (unpaired) electrons. The molecule has 4 bridgehead atoms. The van der Waals surface area contributed by atoms with Crippen LogP contribution in [0.3, 0.4) is 0 Å². The van der Waals surface area contributed by atoms with Gasteiger partial charge in [-0.1, -0.05) is 45.4 Å². The van der Waals surface area contributed by atoms with Crippen LogP contribution in [0.25, 0.3) is 0 Å². The van der Waals surface area contributed by atoms with E-state index >= 15 is 0 Å². The van der Waals surface area contributed by atoms with Crippen LogP contribution in [0.4, 0.5) is 0 Å². The largest absolute Gasteiger partial charge is 0.449 e. The van der Waals surface area contributed by atoms with Gasteiger partial charge in [-0.05, 0) is 83.5 Å². The Morgan fingerprint density at radius 2 is 1.71 bits per heavy atom. The van der Waals surface area contributed by atoms with Crippen molar-refractivity contribution in [3.8, 4) is 0 Å². The number of carbonyl (C=O) groups excluding carboxylic acids is 4. The number of nitrogens with zero attached hydrogens (tertiary/aromatic N) is 1. The summed E-state index contributed by atoms with van der Waals surface area (Å²) in [5, 5.41) is 27.4. The zero-order chi connectivity index (χ0) is 43.0. The molecule has 4 fully saturated rings. The van der Waals surface area contributed by atoms with E-state index in [9.17, 15) is 29.4 Å². The Bertz CT molecular complexity index is 1610. The predicted octanol–water partition coefficient (Wildman–Crippen LogP) is 5.12. The standard InChI is InChI=1S/C44H70ClN2O11/c1-11-30-19-25(2)18-26(3)20-34(54-8)38-35(55-9)21-27(4)44(53,58-38)39(50)40(51)47(7)17-13-12-16-43(47)41(52)57-37(28(5)32(48)23-33(30)49)31(46-43)22-29-14-15-36(45)42(6,24-29)56-10/h19,22,26-30,32,34-38,46,48,53H,11-18,20-21,23-24H2,1-10H3/q+1. The molecule has 15 atom stereocenters. The minimum Gasteiger partial charge on any atom is -0.449 e. The van der Waals surface area contributed by atoms with Crippen molar-refractivity contribution in [1.82, 2.24) is 5.32 Å². The topological polar surface area (TPSA) is 167 Å². The van der Waals surface area contributed by atoms with Crippen LogP contribution in [0, 0.1) is 29.6 Å². The fourth-order valence-electron chi connectivity index (χ4n) is 10.4. The van der Waals surface area contributed by atoms with Crippen LogP contribution >= 0.6 is 11.6 Å². The number of esters is 1. The van der Waals surface area contributed by atoms with Crippen molar-refractivity contribution in [3.05, 3.63) is 23.4 Å². The van der Waals surface area contributed by atoms with Crippen molar-refractivity contribution >= 4 is 35.0 Å². The van der Waals surface area contributed by atoms with E-state index in [0.29, 0.717) is 57.1 Å². The van der Waals surface area contributed by atoms with Gasteiger partial charge in [0.05, 0.1) is 48.6 Å². The van der Waals surface area contributed by atoms with Crippen LogP contribution in [0.5, 0.6) is 0 Å². The Kier molecular flexibility index (Phi) is 14.9. The maximum Gasteiger partial charge on any atom is 0.391 e. The average Bonchev–Trinajstić information content (AvgIpc) is 3.19. The number of halogens is 1. The number of rotatable bonds is 5. The Labute approximate surface area is 350 Å². The number of methoxy groups -OCH3 is 3. The Morgan fingerprint density at radius 1 is 1.03 bits per heavy atom. The summed E-state index contributed by atoms with van der Waals surface area (Å²) in [5.74, 6) is -7.60. The number of aliphatic hydroxyl groups excluding tert-OH is 1. The number of alkyl halides is 1. The SMILES string of the molecule is CCC1C=C(C)CC(C)CC(OC)C2OC(O)(C(=O)C(=O)[N+]3(C)CCCCC34NC(=CC3CCC(Cl)C(C)(OC)C3)C(OC4=O)C(C)C(O)CC1=O)C(C)CC2OC. The minimum absolute atomic E-state index is 0.0356. The summed E-state index contributed by atoms with van der Waals surface area (Å²) in [6, 6.07) is 0. The summed E-state index contributed by atoms with van der Waals surface area (Å²) < 4.78 is 29.8. The number of amides is 1. The molecule has 6 aliphatic rings. The number of likely N-dealkylation sites (N-methyl/N-ethyl adjacent to an activating group) is 1. The van der Waals surface area contributed by atoms with Crippen molar-refractivity contribution in [2.45, 2.75) is 165 Å². The minimum atomic E-state index is -2.54. The van der Waals surface area contributed by atoms with E-state index in [1.807, 2.05) is 32.9 Å². The first kappa shape index (κ1) is 46.8. The summed E-state index contributed by atoms with van der Waals surface area (Å²) in [6.07, 6.45) is 4.60. The molecule has 13 nitrogen and oxygen atoms in total. The number of ketones is 2. The Hall–Kier alpha value is -2.23. The van der Waals surface area contributed by atoms with Crippen molar-refractivity contribution in [2.24, 2.45) is 29.6 Å². The highest BCUT2D eigenvalue weighted by Crippen LogP contribution is 2.45. The Morgan fingerprint density at radius 3 is 2.34 bits per heavy atom. The molecule has 58 heavy (non-hydrogen) atoms. The lowest BCUT2D eigenvalue weighted by molar-refractivity contribution is -0.886. The van der Waals surface area contributed by atoms with Gasteiger partial charge in [0.2, 0.25) is 5.79 Å². The Balaban J connectivity index is 1.65. The van der Waals surface area contributed by atoms with Crippen LogP contribution in [0.15, 0.2) is 23.4 Å². The lowest BCUT2D eigenvalue weighted by Gasteiger charge is -2.54. The fraction of sp³-hybridized carbons (Fsp3) is 0.818. The number of Topliss-reactive ketones (excluding diaryl/α,β-unsaturated/α-hetero) is 2. The lowest BCUT2D eigenvalue weighted by Crippen LogP contribution is -2.81. The first-order valence-corrected chi connectivity index (χ1v) is 21.9. The molecule has 5 heterocycles. The molecule has 3 N–H and O–H groups in total. The molecule has 3 saturated heterocycles. The predicted molar refractivity (Wildman–Crippen MR) is 217 cm³/mol. The maximum atomic E-state index is 15.0. The molecule has 1 saturated carbocycles. The second-order valence-electron chi connectivity index (χ2n) is 18.6. The van der Waals surface area contributed by atoms with Crippen LogP contribution < -0.4 is 5.32 Å². The number of morpholine rings is 1. The first-order valence-electron chi connectivity index (χ1n) is 21.4. The third-order valence-electron chi connectivity index (χ3n) is 14.5. The van der Waals surface area contributed by atoms with E-state index < -0.39 is 87.5 Å². The molecule has 15 unspecified atom stereocenters. The fourth-order valence-corrected chi connectivity index (χ4v) is 10.7. The summed E-state index contributed by atoms with van der Waals surface area (Å²) in [6.45, 7) is 11.5. The van der Waals surface area contributed by atoms with E-state index in [2.05, 4.69) is 12.2 Å². The molecule has 0 aromatic carbocycles. The zero-order valence-electron chi connectivity index (χ0n) is 36.4. The number of quaternary nitrogens is 1. The van der Waals surface area contributed by atoms with Gasteiger partial charge in [0.15, 0.2) is 0 Å². The highest BCUT2D eigenvalue weighted by Gasteiger charge is 2.68. The maximum absolute atomic E-state index is 15.0. The number of carbonyl (C=O) groups is 4. The molecular formula is C44H70ClN2O11+. The van der Waals surface area contributed by atoms with Crippen LogP contribution in [-0.2, 0) is 42.9 Å². The molecule has 1 aliphatic carbocycles. The average molecular weight is 839 g/mol. The monoisotopic (exact) mass is 837 g/mol. The van der Waals surface area contributed by atoms with Crippen LogP contribution in [0.1, 0.15) is 112 Å². The number of fused-ring (bicyclic) bond motifs is 12. The number of hydrogen-bond acceptors (Lipinski definition) is 12. The number of aliphatic hydroxyl groups is 2. The number of nitrogens with one attached hydrogen (secondary N) is 1. The molecule has 1 spiro atoms. The van der Waals surface area contributed by atoms with Gasteiger partial charge in [-0.25, -0.2) is 14.1 Å². The molecule has 6 rings (SSSR count). The molecular weight excluding hydrogens is 768 g/mol. The third-order valence-corrected chi connectivity index (χ3v) is 15.2. The number of allylic oxidation sites excluding steroid dienone is 3. The van der Waals surface area contributed by atoms with E-state index in [-0.39, 0.29) is 48.8 Å². The van der Waals surface area contributed by atoms with Gasteiger partial charge in [0.25, 0.3) is 5.66 Å². The number of piperidine rings is 1. The third kappa shape index (κ3) is 8.76. The van der Waals surface area contributed by atoms with Crippen molar-refractivity contribution < 1.29 is 57.6 Å². The second-order valence-corrected chi connectivity index (χ2v) is 19.1. The van der Waals surface area contributed by atoms with Crippen molar-refractivity contribution in [1.29, 1.82) is 0 Å². The van der Waals surface area contributed by atoms with E-state index in [1.54, 1.807) is 42.2 Å². The van der Waals surface area contributed by atoms with E-state index in [0.717, 1.165) is 5.57 Å². The van der Waals surface area contributed by atoms with Gasteiger partial charge in [0.1, 0.15) is 18.0 Å². The molecule has 14 heteroatoms. The number of ether oxygens (including phenoxy) is 5. The van der Waals surface area contributed by atoms with Crippen LogP contribution in [-0.4, -0.2) is 126 Å². The summed E-state index contributed by atoms with van der Waals surface area (Å²) in [7, 11) is 6.26. The normalized spacial score (nSPS) is 45.8. The van der Waals surface area contributed by atoms with Gasteiger partial charge in [-0.15, -0.1) is 11.6 Å². The van der Waals surface area contributed by atoms with Crippen LogP contribution in [0.2, 0.25) is 0 Å². The first-order chi connectivity index (χ1) is 27.2. The van der Waals surface area contributed by atoms with Gasteiger partial charge in [0, 0.05) is 51.9 Å². The highest BCUT2D eigenvalue weighted by atomic mass is 35.5. The zero-order valence-corrected chi connectivity index (χ0v) is 37.1. The summed E-state index contributed by atoms with van der Waals surface area (Å²) >= 11 is 6.75. The lowest BCUT2D eigenvalue weighted by atomic mass is 9.77. The quantitative estimate of drug-likeness (QED) is 0.110. The smallest absolute Gasteiger partial charge is 0.391 e. The van der Waals surface area contributed by atoms with Crippen molar-refractivity contribution in [3.63, 3.8) is 0 Å². The highest BCUT2D eigenvalue weighted by molar-refractivity contribution is 6.36. The van der Waals surface area contributed by atoms with Gasteiger partial charge in [-0.3, -0.25) is 9.59 Å². The van der Waals surface area contributed by atoms with Crippen molar-refractivity contribution in [2.75, 3.05) is 34.9 Å². The molecule has 0 aromatic heterocycles. The second kappa shape index (κ2) is 18.4. The van der Waals surface area contributed by atoms with E-state index in [1.165, 1.54) is 0 Å². The van der Waals surface area contributed by atoms with Gasteiger partial charge in [-0.2, -0.15) is 0 Å². The summed E-state index contributed by atoms with van der Waals surface area (Å²) in [4.78, 5) is 58.3. The molecule has 5 aliphatic heterocycles. The summed E-state index contributed by atoms with van der Waals surface area (Å²) in [5.41, 5.74) is -0.901. The van der Waals surface area contributed by atoms with E-state index in [4.69, 9.17) is 35.3 Å². The van der Waals surface area contributed by atoms with Gasteiger partial charge >= 0.3 is 17.7 Å². The van der Waals surface area contributed by atoms with Gasteiger partial charge < -0.3 is 39.2 Å². The molecule has 328 valence electrons.